The Labute approximate surface area is 90.4 Å². The van der Waals surface area contributed by atoms with Crippen LogP contribution in [0.25, 0.3) is 0 Å². The summed E-state index contributed by atoms with van der Waals surface area (Å²) < 4.78 is 16.9. The van der Waals surface area contributed by atoms with Crippen LogP contribution in [0.4, 0.5) is 4.39 Å². The van der Waals surface area contributed by atoms with E-state index in [2.05, 4.69) is 9.59 Å². The zero-order valence-corrected chi connectivity index (χ0v) is 8.83. The lowest BCUT2D eigenvalue weighted by atomic mass is 10.1. The molecule has 0 amide bonds. The summed E-state index contributed by atoms with van der Waals surface area (Å²) in [5.41, 5.74) is 1.50. The van der Waals surface area contributed by atoms with Crippen molar-refractivity contribution in [2.75, 3.05) is 0 Å². The molecule has 15 heavy (non-hydrogen) atoms. The number of nitrogens with zero attached hydrogens (tertiary/aromatic N) is 2. The van der Waals surface area contributed by atoms with Gasteiger partial charge in [0.1, 0.15) is 17.6 Å². The van der Waals surface area contributed by atoms with Gasteiger partial charge >= 0.3 is 0 Å². The van der Waals surface area contributed by atoms with Gasteiger partial charge in [0.2, 0.25) is 0 Å². The Balaban J connectivity index is 2.34. The number of aliphatic hydroxyl groups is 1. The molecule has 1 unspecified atom stereocenters. The smallest absolute Gasteiger partial charge is 0.126 e. The van der Waals surface area contributed by atoms with Crippen molar-refractivity contribution >= 4 is 11.5 Å². The standard InChI is InChI=1S/C10H9FN2OS/c1-6-2-3-7(4-8(6)11)10(14)9-5-15-13-12-9/h2-5,10,14H,1H3. The highest BCUT2D eigenvalue weighted by atomic mass is 32.1. The Morgan fingerprint density at radius 2 is 2.27 bits per heavy atom. The minimum atomic E-state index is -0.904. The van der Waals surface area contributed by atoms with Crippen molar-refractivity contribution in [3.05, 3.63) is 46.2 Å². The van der Waals surface area contributed by atoms with Crippen molar-refractivity contribution in [2.45, 2.75) is 13.0 Å². The van der Waals surface area contributed by atoms with Gasteiger partial charge < -0.3 is 5.11 Å². The second-order valence-electron chi connectivity index (χ2n) is 3.24. The summed E-state index contributed by atoms with van der Waals surface area (Å²) in [7, 11) is 0. The van der Waals surface area contributed by atoms with Crippen LogP contribution >= 0.6 is 11.5 Å². The molecular weight excluding hydrogens is 215 g/mol. The molecule has 0 bridgehead atoms. The van der Waals surface area contributed by atoms with Crippen molar-refractivity contribution in [1.29, 1.82) is 0 Å². The number of aryl methyl sites for hydroxylation is 1. The number of halogens is 1. The van der Waals surface area contributed by atoms with Crippen molar-refractivity contribution in [2.24, 2.45) is 0 Å². The zero-order chi connectivity index (χ0) is 10.8. The number of aromatic nitrogens is 2. The van der Waals surface area contributed by atoms with Gasteiger partial charge in [-0.2, -0.15) is 0 Å². The van der Waals surface area contributed by atoms with Crippen molar-refractivity contribution < 1.29 is 9.50 Å². The van der Waals surface area contributed by atoms with E-state index in [0.29, 0.717) is 16.8 Å². The molecule has 2 rings (SSSR count). The van der Waals surface area contributed by atoms with Crippen LogP contribution in [0, 0.1) is 12.7 Å². The Kier molecular flexibility index (Phi) is 2.75. The minimum Gasteiger partial charge on any atom is -0.382 e. The van der Waals surface area contributed by atoms with Gasteiger partial charge in [0.25, 0.3) is 0 Å². The Morgan fingerprint density at radius 3 is 2.87 bits per heavy atom. The van der Waals surface area contributed by atoms with Gasteiger partial charge in [-0.3, -0.25) is 0 Å². The van der Waals surface area contributed by atoms with Crippen molar-refractivity contribution in [3.63, 3.8) is 0 Å². The number of rotatable bonds is 2. The fourth-order valence-electron chi connectivity index (χ4n) is 1.24. The molecule has 0 saturated carbocycles. The van der Waals surface area contributed by atoms with Gasteiger partial charge in [-0.15, -0.1) is 5.10 Å². The molecule has 1 heterocycles. The molecule has 2 aromatic rings. The maximum atomic E-state index is 13.2. The number of benzene rings is 1. The van der Waals surface area contributed by atoms with Crippen LogP contribution < -0.4 is 0 Å². The topological polar surface area (TPSA) is 46.0 Å². The molecule has 1 N–H and O–H groups in total. The first-order valence-corrected chi connectivity index (χ1v) is 5.23. The van der Waals surface area contributed by atoms with Crippen LogP contribution in [-0.2, 0) is 0 Å². The largest absolute Gasteiger partial charge is 0.382 e. The predicted octanol–water partition coefficient (Wildman–Crippen LogP) is 2.07. The summed E-state index contributed by atoms with van der Waals surface area (Å²) in [5.74, 6) is -0.324. The van der Waals surface area contributed by atoms with Gasteiger partial charge in [0, 0.05) is 5.38 Å². The predicted molar refractivity (Wildman–Crippen MR) is 55.1 cm³/mol. The van der Waals surface area contributed by atoms with Gasteiger partial charge in [0.15, 0.2) is 0 Å². The molecule has 0 radical (unpaired) electrons. The van der Waals surface area contributed by atoms with Crippen molar-refractivity contribution in [3.8, 4) is 0 Å². The maximum absolute atomic E-state index is 13.2. The Hall–Kier alpha value is -1.33. The van der Waals surface area contributed by atoms with Crippen LogP contribution in [0.1, 0.15) is 22.9 Å². The maximum Gasteiger partial charge on any atom is 0.126 e. The average Bonchev–Trinajstić information content (AvgIpc) is 2.74. The lowest BCUT2D eigenvalue weighted by Gasteiger charge is -2.08. The second-order valence-corrected chi connectivity index (χ2v) is 3.85. The van der Waals surface area contributed by atoms with E-state index < -0.39 is 6.10 Å². The number of aliphatic hydroxyl groups excluding tert-OH is 1. The molecule has 0 saturated heterocycles. The van der Waals surface area contributed by atoms with Crippen LogP contribution in [-0.4, -0.2) is 14.7 Å². The SMILES string of the molecule is Cc1ccc(C(O)c2csnn2)cc1F. The van der Waals surface area contributed by atoms with E-state index in [9.17, 15) is 9.50 Å². The van der Waals surface area contributed by atoms with Crippen LogP contribution in [0.5, 0.6) is 0 Å². The first-order valence-electron chi connectivity index (χ1n) is 4.39. The fourth-order valence-corrected chi connectivity index (χ4v) is 1.71. The highest BCUT2D eigenvalue weighted by Gasteiger charge is 2.14. The second kappa shape index (κ2) is 4.04. The highest BCUT2D eigenvalue weighted by Crippen LogP contribution is 2.22. The first kappa shape index (κ1) is 10.2. The van der Waals surface area contributed by atoms with E-state index in [1.807, 2.05) is 0 Å². The quantitative estimate of drug-likeness (QED) is 0.849. The Bertz CT molecular complexity index is 458. The first-order chi connectivity index (χ1) is 7.18. The molecule has 0 fully saturated rings. The number of hydrogen-bond donors (Lipinski definition) is 1. The van der Waals surface area contributed by atoms with E-state index in [4.69, 9.17) is 0 Å². The summed E-state index contributed by atoms with van der Waals surface area (Å²) in [5, 5.41) is 15.2. The van der Waals surface area contributed by atoms with Gasteiger partial charge in [0.05, 0.1) is 0 Å². The summed E-state index contributed by atoms with van der Waals surface area (Å²) in [4.78, 5) is 0. The summed E-state index contributed by atoms with van der Waals surface area (Å²) in [6.07, 6.45) is -0.904. The fraction of sp³-hybridized carbons (Fsp3) is 0.200. The van der Waals surface area contributed by atoms with Crippen molar-refractivity contribution in [1.82, 2.24) is 9.59 Å². The van der Waals surface area contributed by atoms with E-state index in [1.54, 1.807) is 24.4 Å². The van der Waals surface area contributed by atoms with Crippen LogP contribution in [0.3, 0.4) is 0 Å². The molecule has 1 aromatic carbocycles. The van der Waals surface area contributed by atoms with Gasteiger partial charge in [-0.1, -0.05) is 16.6 Å². The third-order valence-corrected chi connectivity index (χ3v) is 2.69. The zero-order valence-electron chi connectivity index (χ0n) is 8.01. The number of hydrogen-bond acceptors (Lipinski definition) is 4. The summed E-state index contributed by atoms with van der Waals surface area (Å²) in [6.45, 7) is 1.68. The minimum absolute atomic E-state index is 0.324. The van der Waals surface area contributed by atoms with E-state index in [-0.39, 0.29) is 5.82 Å². The van der Waals surface area contributed by atoms with E-state index in [1.165, 1.54) is 6.07 Å². The molecule has 1 atom stereocenters. The normalized spacial score (nSPS) is 12.7. The van der Waals surface area contributed by atoms with Gasteiger partial charge in [-0.05, 0) is 35.6 Å². The molecule has 78 valence electrons. The Morgan fingerprint density at radius 1 is 1.47 bits per heavy atom. The molecule has 0 aliphatic rings. The molecule has 0 aliphatic carbocycles. The summed E-state index contributed by atoms with van der Waals surface area (Å²) in [6, 6.07) is 4.63. The highest BCUT2D eigenvalue weighted by molar-refractivity contribution is 7.03. The average molecular weight is 224 g/mol. The third-order valence-electron chi connectivity index (χ3n) is 2.17. The molecule has 0 aliphatic heterocycles. The monoisotopic (exact) mass is 224 g/mol. The molecule has 3 nitrogen and oxygen atoms in total. The van der Waals surface area contributed by atoms with Gasteiger partial charge in [-0.25, -0.2) is 4.39 Å². The van der Waals surface area contributed by atoms with Crippen LogP contribution in [0.2, 0.25) is 0 Å². The third kappa shape index (κ3) is 2.03. The lowest BCUT2D eigenvalue weighted by molar-refractivity contribution is 0.214. The lowest BCUT2D eigenvalue weighted by Crippen LogP contribution is -2.01. The molecule has 5 heteroatoms. The summed E-state index contributed by atoms with van der Waals surface area (Å²) >= 11 is 1.16. The molecular formula is C10H9FN2OS. The molecule has 0 spiro atoms. The van der Waals surface area contributed by atoms with E-state index >= 15 is 0 Å². The van der Waals surface area contributed by atoms with Crippen LogP contribution in [0.15, 0.2) is 23.6 Å². The molecule has 1 aromatic heterocycles. The van der Waals surface area contributed by atoms with E-state index in [0.717, 1.165) is 11.5 Å².